The van der Waals surface area contributed by atoms with E-state index < -0.39 is 29.9 Å². The third-order valence-corrected chi connectivity index (χ3v) is 36.7. The van der Waals surface area contributed by atoms with Gasteiger partial charge in [-0.05, 0) is 498 Å². The summed E-state index contributed by atoms with van der Waals surface area (Å²) in [6, 6.07) is 133. The fourth-order valence-electron chi connectivity index (χ4n) is 13.4. The van der Waals surface area contributed by atoms with E-state index in [1.54, 1.807) is 42.5 Å². The number of nitrogens with one attached hydrogen (secondary N) is 1. The molecule has 0 spiro atoms. The van der Waals surface area contributed by atoms with Gasteiger partial charge in [-0.1, -0.05) is 165 Å². The Kier molecular flexibility index (Phi) is 42.1. The van der Waals surface area contributed by atoms with E-state index in [9.17, 15) is 22.8 Å². The van der Waals surface area contributed by atoms with Crippen molar-refractivity contribution in [1.82, 2.24) is 0 Å². The fraction of sp³-hybridized carbons (Fsp3) is 0.0926. The fourth-order valence-corrected chi connectivity index (χ4v) is 35.3. The first kappa shape index (κ1) is 108. The summed E-state index contributed by atoms with van der Waals surface area (Å²) in [7, 11) is -0.841. The molecule has 0 aliphatic rings. The molecule has 1 N–H and O–H groups in total. The number of amides is 1. The Morgan fingerprint density at radius 1 is 0.316 bits per heavy atom. The van der Waals surface area contributed by atoms with Gasteiger partial charge in [0.1, 0.15) is 28.6 Å². The highest BCUT2D eigenvalue weighted by Crippen LogP contribution is 2.42. The standard InChI is InChI=1S/C30H22F3I2NO3S.C27H22I3O2S.C26H20I3O2S.C25H18I3O2S/c1-29(2,39-27(37)24-17-20(34)18-25(35)26(24)36-28(38)30(31,32)33)19-13-15-23(16-14-19)40(21-9-5-3-6-10-21)22-11-7-4-8-12-22;1-2-26(32-27-24(29)17-19(28)18-25(27)30)31-20-13-15-23(16-14-20)33(21-9-5-3-6-10-21)22-11-7-4-8-12-22;1-18(31-26-24(28)16-19(27)17-25(26)29)30-20-12-14-23(15-13-20)32(21-8-4-2-5-9-21)22-10-6-3-7-11-22;26-18-15-23(27)25(24(28)16-18)30-17-29-19-11-13-22(14-12-19)31(20-7-3-1-4-8-20)21-9-5-2-6-10-21/h3-18H,1-2H3;3-18,26H,2H2,1H3;2-18H,1H3;1-16H,17H2/q;3*+1/p+1. The quantitative estimate of drug-likeness (QED) is 0.0212. The van der Waals surface area contributed by atoms with E-state index in [-0.39, 0.29) is 71.5 Å². The highest BCUT2D eigenvalue weighted by molar-refractivity contribution is 14.1. The molecule has 28 heteroatoms. The number of ether oxygens (including phenoxy) is 7. The van der Waals surface area contributed by atoms with Crippen LogP contribution in [0.2, 0.25) is 0 Å². The molecule has 2 atom stereocenters. The number of benzene rings is 16. The summed E-state index contributed by atoms with van der Waals surface area (Å²) in [5, 5.41) is 1.83. The monoisotopic (exact) mass is 3120 g/mol. The predicted octanol–water partition coefficient (Wildman–Crippen LogP) is 33.8. The van der Waals surface area contributed by atoms with Gasteiger partial charge in [0.25, 0.3) is 0 Å². The minimum atomic E-state index is -5.10. The highest BCUT2D eigenvalue weighted by atomic mass is 127. The summed E-state index contributed by atoms with van der Waals surface area (Å²) in [5.74, 6) is 2.00. The molecule has 0 radical (unpaired) electrons. The lowest BCUT2D eigenvalue weighted by atomic mass is 9.98. The van der Waals surface area contributed by atoms with E-state index in [0.29, 0.717) is 9.13 Å². The van der Waals surface area contributed by atoms with Crippen molar-refractivity contribution in [3.63, 3.8) is 0 Å². The number of halogens is 14. The molecule has 0 fully saturated rings. The first-order valence-corrected chi connectivity index (χ1v) is 58.6. The van der Waals surface area contributed by atoms with Crippen molar-refractivity contribution in [3.8, 4) is 34.5 Å². The van der Waals surface area contributed by atoms with Crippen molar-refractivity contribution in [2.45, 2.75) is 117 Å². The molecule has 1 amide bonds. The van der Waals surface area contributed by atoms with Gasteiger partial charge in [0.05, 0.1) is 76.3 Å². The smallest absolute Gasteiger partial charge is 0.457 e. The maximum absolute atomic E-state index is 13.3. The summed E-state index contributed by atoms with van der Waals surface area (Å²) in [4.78, 5) is 39.9. The zero-order valence-corrected chi connectivity index (χ0v) is 99.6. The van der Waals surface area contributed by atoms with Crippen LogP contribution in [-0.2, 0) is 58.7 Å². The van der Waals surface area contributed by atoms with Crippen molar-refractivity contribution in [2.24, 2.45) is 0 Å². The maximum atomic E-state index is 13.3. The van der Waals surface area contributed by atoms with Gasteiger partial charge in [0.15, 0.2) is 70.2 Å². The van der Waals surface area contributed by atoms with E-state index in [2.05, 4.69) is 501 Å². The van der Waals surface area contributed by atoms with Crippen molar-refractivity contribution in [2.75, 3.05) is 12.1 Å². The molecule has 0 saturated carbocycles. The van der Waals surface area contributed by atoms with Crippen molar-refractivity contribution in [3.05, 3.63) is 439 Å². The molecule has 16 rings (SSSR count). The minimum Gasteiger partial charge on any atom is -0.457 e. The largest absolute Gasteiger partial charge is 0.471 e. The summed E-state index contributed by atoms with van der Waals surface area (Å²) in [6.45, 7) is 7.60. The zero-order valence-electron chi connectivity index (χ0n) is 72.6. The molecule has 0 aromatic heterocycles. The van der Waals surface area contributed by atoms with Gasteiger partial charge in [-0.3, -0.25) is 4.79 Å². The molecular formula is C108H83F3I11NO9S4+4. The average Bonchev–Trinajstić information content (AvgIpc) is 0.791. The van der Waals surface area contributed by atoms with Gasteiger partial charge in [-0.25, -0.2) is 4.79 Å². The van der Waals surface area contributed by atoms with Gasteiger partial charge in [-0.15, -0.1) is 0 Å². The average molecular weight is 3120 g/mol. The van der Waals surface area contributed by atoms with E-state index in [0.717, 1.165) is 77.0 Å². The van der Waals surface area contributed by atoms with Crippen molar-refractivity contribution >= 4 is 310 Å². The van der Waals surface area contributed by atoms with Crippen LogP contribution in [0.4, 0.5) is 18.9 Å². The molecule has 0 aliphatic heterocycles. The van der Waals surface area contributed by atoms with Gasteiger partial charge in [0, 0.05) is 31.2 Å². The summed E-state index contributed by atoms with van der Waals surface area (Å²) in [6.07, 6.45) is -5.10. The van der Waals surface area contributed by atoms with Crippen LogP contribution in [-0.4, -0.2) is 37.4 Å². The number of rotatable bonds is 29. The van der Waals surface area contributed by atoms with Gasteiger partial charge in [0.2, 0.25) is 19.4 Å². The third-order valence-electron chi connectivity index (χ3n) is 19.7. The molecule has 16 aromatic rings. The van der Waals surface area contributed by atoms with Crippen LogP contribution in [0.15, 0.2) is 447 Å². The number of carbonyl (C=O) groups excluding carboxylic acids is 2. The van der Waals surface area contributed by atoms with Crippen LogP contribution in [0, 0.1) is 39.3 Å². The molecule has 2 unspecified atom stereocenters. The molecule has 136 heavy (non-hydrogen) atoms. The number of alkyl halides is 3. The van der Waals surface area contributed by atoms with Crippen LogP contribution in [0.25, 0.3) is 0 Å². The Morgan fingerprint density at radius 2 is 0.581 bits per heavy atom. The number of anilines is 1. The van der Waals surface area contributed by atoms with Crippen LogP contribution in [0.1, 0.15) is 50.0 Å². The first-order valence-electron chi connectivity index (χ1n) is 41.8. The van der Waals surface area contributed by atoms with Crippen LogP contribution < -0.4 is 33.7 Å². The topological polar surface area (TPSA) is 111 Å². The lowest BCUT2D eigenvalue weighted by molar-refractivity contribution is -0.167. The molecule has 692 valence electrons. The van der Waals surface area contributed by atoms with E-state index in [1.807, 2.05) is 120 Å². The third kappa shape index (κ3) is 31.0. The lowest BCUT2D eigenvalue weighted by Crippen LogP contribution is -2.32. The second-order valence-electron chi connectivity index (χ2n) is 29.7. The highest BCUT2D eigenvalue weighted by Gasteiger charge is 2.41. The second-order valence-corrected chi connectivity index (χ2v) is 50.9. The minimum absolute atomic E-state index is 0.156. The molecule has 0 bridgehead atoms. The molecule has 0 aliphatic carbocycles. The summed E-state index contributed by atoms with van der Waals surface area (Å²) >= 11 is 24.6. The Morgan fingerprint density at radius 3 is 0.890 bits per heavy atom. The molecule has 0 heterocycles. The predicted molar refractivity (Wildman–Crippen MR) is 637 cm³/mol. The van der Waals surface area contributed by atoms with Gasteiger partial charge < -0.3 is 38.5 Å². The van der Waals surface area contributed by atoms with E-state index in [4.69, 9.17) is 33.2 Å². The van der Waals surface area contributed by atoms with Crippen LogP contribution >= 0.6 is 248 Å². The number of hydrogen-bond acceptors (Lipinski definition) is 9. The van der Waals surface area contributed by atoms with Crippen LogP contribution in [0.3, 0.4) is 0 Å². The Hall–Kier alpha value is -5.52. The molecule has 10 nitrogen and oxygen atoms in total. The Bertz CT molecular complexity index is 6380. The molecule has 16 aromatic carbocycles. The first-order chi connectivity index (χ1) is 65.5. The molecule has 0 saturated heterocycles. The van der Waals surface area contributed by atoms with Gasteiger partial charge >= 0.3 is 18.1 Å². The SMILES string of the molecule is CC(C)(OC(=O)c1cc(I)cc(I)c1NC(=O)C(F)(F)F)c1ccc([S+](c2ccccc2)c2ccccc2)cc1.CC(Oc1ccc([S+](c2ccccc2)c2ccccc2)cc1)Oc1c(I)cc(I)cc1I.CCC(Oc1ccc([S+](c2ccccc2)c2ccccc2)cc1)Oc1c(I)cc(I)cc1I.Ic1cc(I)c(OCOc2ccc([S+](c3ccccc3)c3ccccc3)cc2)c(I)c1. The Labute approximate surface area is 953 Å². The molecular weight excluding hydrogens is 3040 g/mol. The summed E-state index contributed by atoms with van der Waals surface area (Å²) in [5.41, 5.74) is -0.816. The normalized spacial score (nSPS) is 11.6. The number of hydrogen-bond donors (Lipinski definition) is 1. The second kappa shape index (κ2) is 53.2. The number of carbonyl (C=O) groups is 2. The van der Waals surface area contributed by atoms with E-state index >= 15 is 0 Å². The maximum Gasteiger partial charge on any atom is 0.471 e. The van der Waals surface area contributed by atoms with E-state index in [1.165, 1.54) is 60.8 Å². The zero-order chi connectivity index (χ0) is 96.4. The number of esters is 1. The summed E-state index contributed by atoms with van der Waals surface area (Å²) < 4.78 is 92.1. The lowest BCUT2D eigenvalue weighted by Gasteiger charge is -2.26. The van der Waals surface area contributed by atoms with Crippen molar-refractivity contribution in [1.29, 1.82) is 0 Å². The Balaban J connectivity index is 0.000000154. The van der Waals surface area contributed by atoms with Crippen LogP contribution in [0.5, 0.6) is 34.5 Å². The van der Waals surface area contributed by atoms with Gasteiger partial charge in [-0.2, -0.15) is 13.2 Å². The van der Waals surface area contributed by atoms with Crippen molar-refractivity contribution < 1.29 is 55.9 Å².